The molecule has 1 N–H and O–H groups in total. The third-order valence-electron chi connectivity index (χ3n) is 3.89. The number of carboxylic acids is 1. The van der Waals surface area contributed by atoms with E-state index in [0.29, 0.717) is 24.6 Å². The van der Waals surface area contributed by atoms with Crippen LogP contribution in [0.5, 0.6) is 0 Å². The van der Waals surface area contributed by atoms with Crippen molar-refractivity contribution >= 4 is 12.1 Å². The van der Waals surface area contributed by atoms with Crippen molar-refractivity contribution in [1.29, 1.82) is 0 Å². The standard InChI is InChI=1S/C16H17N3O4/c1-11-14(15(20)21)17-13-9-18(7-8-19(11)13)16(22)23-10-12-5-3-2-4-6-12/h2-6H,7-10H2,1H3,(H,20,21). The van der Waals surface area contributed by atoms with Crippen molar-refractivity contribution in [3.8, 4) is 0 Å². The second-order valence-corrected chi connectivity index (χ2v) is 5.38. The number of aromatic carboxylic acids is 1. The van der Waals surface area contributed by atoms with Gasteiger partial charge in [0.2, 0.25) is 0 Å². The zero-order chi connectivity index (χ0) is 16.4. The molecule has 0 unspecified atom stereocenters. The van der Waals surface area contributed by atoms with Gasteiger partial charge in [-0.05, 0) is 12.5 Å². The molecule has 3 rings (SSSR count). The van der Waals surface area contributed by atoms with Crippen LogP contribution in [-0.2, 0) is 24.4 Å². The fourth-order valence-electron chi connectivity index (χ4n) is 2.65. The molecular formula is C16H17N3O4. The van der Waals surface area contributed by atoms with Crippen LogP contribution in [0.15, 0.2) is 30.3 Å². The summed E-state index contributed by atoms with van der Waals surface area (Å²) in [7, 11) is 0. The van der Waals surface area contributed by atoms with E-state index in [0.717, 1.165) is 5.56 Å². The molecule has 2 aromatic rings. The monoisotopic (exact) mass is 315 g/mol. The van der Waals surface area contributed by atoms with Gasteiger partial charge in [0, 0.05) is 18.8 Å². The number of aromatic nitrogens is 2. The van der Waals surface area contributed by atoms with Crippen LogP contribution in [0.2, 0.25) is 0 Å². The molecule has 0 fully saturated rings. The van der Waals surface area contributed by atoms with E-state index in [9.17, 15) is 9.59 Å². The van der Waals surface area contributed by atoms with E-state index >= 15 is 0 Å². The predicted molar refractivity (Wildman–Crippen MR) is 81.0 cm³/mol. The molecule has 1 amide bonds. The highest BCUT2D eigenvalue weighted by molar-refractivity contribution is 5.86. The SMILES string of the molecule is Cc1c(C(=O)O)nc2n1CCN(C(=O)OCc1ccccc1)C2. The molecule has 0 atom stereocenters. The minimum absolute atomic E-state index is 0.0412. The third kappa shape index (κ3) is 3.03. The van der Waals surface area contributed by atoms with Gasteiger partial charge in [0.25, 0.3) is 0 Å². The Balaban J connectivity index is 1.66. The summed E-state index contributed by atoms with van der Waals surface area (Å²) in [6.45, 7) is 3.17. The molecule has 0 radical (unpaired) electrons. The zero-order valence-electron chi connectivity index (χ0n) is 12.7. The maximum atomic E-state index is 12.2. The second-order valence-electron chi connectivity index (χ2n) is 5.38. The van der Waals surface area contributed by atoms with Crippen molar-refractivity contribution in [3.63, 3.8) is 0 Å². The molecule has 0 saturated heterocycles. The van der Waals surface area contributed by atoms with Crippen molar-refractivity contribution in [2.75, 3.05) is 6.54 Å². The van der Waals surface area contributed by atoms with Gasteiger partial charge < -0.3 is 14.4 Å². The quantitative estimate of drug-likeness (QED) is 0.937. The zero-order valence-corrected chi connectivity index (χ0v) is 12.7. The lowest BCUT2D eigenvalue weighted by molar-refractivity contribution is 0.0690. The fourth-order valence-corrected chi connectivity index (χ4v) is 2.65. The van der Waals surface area contributed by atoms with E-state index in [1.54, 1.807) is 6.92 Å². The van der Waals surface area contributed by atoms with Crippen LogP contribution in [0, 0.1) is 6.92 Å². The number of fused-ring (bicyclic) bond motifs is 1. The summed E-state index contributed by atoms with van der Waals surface area (Å²) in [4.78, 5) is 28.9. The lowest BCUT2D eigenvalue weighted by atomic mass is 10.2. The fraction of sp³-hybridized carbons (Fsp3) is 0.312. The molecule has 120 valence electrons. The van der Waals surface area contributed by atoms with Crippen LogP contribution in [-0.4, -0.2) is 38.2 Å². The number of imidazole rings is 1. The molecule has 0 aliphatic carbocycles. The number of carbonyl (C=O) groups is 2. The Morgan fingerprint density at radius 1 is 1.26 bits per heavy atom. The van der Waals surface area contributed by atoms with Crippen LogP contribution >= 0.6 is 0 Å². The maximum Gasteiger partial charge on any atom is 0.410 e. The molecule has 7 heteroatoms. The first-order valence-electron chi connectivity index (χ1n) is 7.31. The molecule has 1 aromatic heterocycles. The van der Waals surface area contributed by atoms with E-state index in [1.165, 1.54) is 4.90 Å². The molecule has 1 aliphatic rings. The Labute approximate surface area is 133 Å². The topological polar surface area (TPSA) is 84.7 Å². The molecule has 0 bridgehead atoms. The summed E-state index contributed by atoms with van der Waals surface area (Å²) in [6.07, 6.45) is -0.419. The number of hydrogen-bond donors (Lipinski definition) is 1. The van der Waals surface area contributed by atoms with Crippen molar-refractivity contribution in [1.82, 2.24) is 14.5 Å². The second kappa shape index (κ2) is 6.12. The van der Waals surface area contributed by atoms with Crippen LogP contribution < -0.4 is 0 Å². The van der Waals surface area contributed by atoms with Gasteiger partial charge in [-0.15, -0.1) is 0 Å². The molecule has 23 heavy (non-hydrogen) atoms. The molecule has 2 heterocycles. The lowest BCUT2D eigenvalue weighted by Gasteiger charge is -2.27. The number of carboxylic acid groups (broad SMARTS) is 1. The third-order valence-corrected chi connectivity index (χ3v) is 3.89. The van der Waals surface area contributed by atoms with Crippen LogP contribution in [0.3, 0.4) is 0 Å². The average molecular weight is 315 g/mol. The molecule has 0 spiro atoms. The Hall–Kier alpha value is -2.83. The summed E-state index contributed by atoms with van der Waals surface area (Å²) < 4.78 is 7.14. The number of nitrogens with zero attached hydrogens (tertiary/aromatic N) is 3. The Morgan fingerprint density at radius 2 is 2.00 bits per heavy atom. The van der Waals surface area contributed by atoms with Gasteiger partial charge in [0.05, 0.1) is 6.54 Å². The first-order valence-corrected chi connectivity index (χ1v) is 7.31. The molecule has 0 saturated carbocycles. The number of ether oxygens (including phenoxy) is 1. The van der Waals surface area contributed by atoms with E-state index in [-0.39, 0.29) is 18.8 Å². The first-order chi connectivity index (χ1) is 11.1. The molecule has 1 aromatic carbocycles. The molecule has 7 nitrogen and oxygen atoms in total. The van der Waals surface area contributed by atoms with Crippen LogP contribution in [0.1, 0.15) is 27.6 Å². The van der Waals surface area contributed by atoms with Crippen LogP contribution in [0.25, 0.3) is 0 Å². The van der Waals surface area contributed by atoms with Gasteiger partial charge in [0.1, 0.15) is 12.4 Å². The minimum atomic E-state index is -1.05. The van der Waals surface area contributed by atoms with E-state index in [4.69, 9.17) is 9.84 Å². The minimum Gasteiger partial charge on any atom is -0.476 e. The summed E-state index contributed by atoms with van der Waals surface area (Å²) in [6, 6.07) is 9.45. The van der Waals surface area contributed by atoms with Crippen molar-refractivity contribution < 1.29 is 19.4 Å². The molecular weight excluding hydrogens is 298 g/mol. The predicted octanol–water partition coefficient (Wildman–Crippen LogP) is 2.04. The summed E-state index contributed by atoms with van der Waals surface area (Å²) >= 11 is 0. The van der Waals surface area contributed by atoms with E-state index in [2.05, 4.69) is 4.98 Å². The van der Waals surface area contributed by atoms with Gasteiger partial charge in [-0.1, -0.05) is 30.3 Å². The summed E-state index contributed by atoms with van der Waals surface area (Å²) in [5.41, 5.74) is 1.58. The molecule has 1 aliphatic heterocycles. The number of rotatable bonds is 3. The summed E-state index contributed by atoms with van der Waals surface area (Å²) in [5.74, 6) is -0.481. The highest BCUT2D eigenvalue weighted by Crippen LogP contribution is 2.18. The van der Waals surface area contributed by atoms with Gasteiger partial charge in [0.15, 0.2) is 5.69 Å². The van der Waals surface area contributed by atoms with Gasteiger partial charge in [-0.2, -0.15) is 0 Å². The largest absolute Gasteiger partial charge is 0.476 e. The number of carbonyl (C=O) groups excluding carboxylic acids is 1. The Kier molecular flexibility index (Phi) is 4.01. The van der Waals surface area contributed by atoms with E-state index in [1.807, 2.05) is 34.9 Å². The lowest BCUT2D eigenvalue weighted by Crippen LogP contribution is -2.38. The average Bonchev–Trinajstić information content (AvgIpc) is 2.90. The van der Waals surface area contributed by atoms with Crippen molar-refractivity contribution in [3.05, 3.63) is 53.1 Å². The van der Waals surface area contributed by atoms with Crippen LogP contribution in [0.4, 0.5) is 4.79 Å². The number of amides is 1. The van der Waals surface area contributed by atoms with Gasteiger partial charge in [-0.3, -0.25) is 4.90 Å². The normalized spacial score (nSPS) is 13.5. The van der Waals surface area contributed by atoms with Gasteiger partial charge in [-0.25, -0.2) is 14.6 Å². The Morgan fingerprint density at radius 3 is 2.70 bits per heavy atom. The smallest absolute Gasteiger partial charge is 0.410 e. The highest BCUT2D eigenvalue weighted by Gasteiger charge is 2.27. The van der Waals surface area contributed by atoms with Crippen molar-refractivity contribution in [2.24, 2.45) is 0 Å². The van der Waals surface area contributed by atoms with E-state index < -0.39 is 12.1 Å². The summed E-state index contributed by atoms with van der Waals surface area (Å²) in [5, 5.41) is 9.12. The maximum absolute atomic E-state index is 12.2. The van der Waals surface area contributed by atoms with Crippen molar-refractivity contribution in [2.45, 2.75) is 26.6 Å². The number of hydrogen-bond acceptors (Lipinski definition) is 4. The highest BCUT2D eigenvalue weighted by atomic mass is 16.6. The number of benzene rings is 1. The van der Waals surface area contributed by atoms with Gasteiger partial charge >= 0.3 is 12.1 Å². The Bertz CT molecular complexity index is 739. The first kappa shape index (κ1) is 15.1.